The molecule has 1 aromatic carbocycles. The molecule has 4 heteroatoms. The van der Waals surface area contributed by atoms with Gasteiger partial charge < -0.3 is 9.67 Å². The van der Waals surface area contributed by atoms with E-state index in [-0.39, 0.29) is 0 Å². The van der Waals surface area contributed by atoms with Crippen LogP contribution in [-0.2, 0) is 13.1 Å². The van der Waals surface area contributed by atoms with E-state index in [9.17, 15) is 4.79 Å². The van der Waals surface area contributed by atoms with E-state index in [0.717, 1.165) is 30.5 Å². The van der Waals surface area contributed by atoms with Crippen LogP contribution in [0.3, 0.4) is 0 Å². The average molecular weight is 230 g/mol. The Morgan fingerprint density at radius 2 is 2.29 bits per heavy atom. The smallest absolute Gasteiger partial charge is 0.335 e. The van der Waals surface area contributed by atoms with Crippen molar-refractivity contribution >= 4 is 16.9 Å². The van der Waals surface area contributed by atoms with Crippen molar-refractivity contribution in [3.8, 4) is 0 Å². The maximum atomic E-state index is 11.0. The van der Waals surface area contributed by atoms with Gasteiger partial charge in [-0.05, 0) is 30.7 Å². The Balaban J connectivity index is 2.30. The van der Waals surface area contributed by atoms with E-state index >= 15 is 0 Å². The minimum Gasteiger partial charge on any atom is -0.478 e. The summed E-state index contributed by atoms with van der Waals surface area (Å²) in [5.41, 5.74) is 4.01. The monoisotopic (exact) mass is 230 g/mol. The summed E-state index contributed by atoms with van der Waals surface area (Å²) in [7, 11) is 0. The van der Waals surface area contributed by atoms with Gasteiger partial charge >= 0.3 is 5.97 Å². The van der Waals surface area contributed by atoms with Gasteiger partial charge in [0.05, 0.1) is 12.2 Å². The molecule has 0 fully saturated rings. The second-order valence-electron chi connectivity index (χ2n) is 4.44. The van der Waals surface area contributed by atoms with Gasteiger partial charge in [-0.2, -0.15) is 0 Å². The number of nitrogens with one attached hydrogen (secondary N) is 1. The van der Waals surface area contributed by atoms with Crippen LogP contribution in [0.15, 0.2) is 18.2 Å². The molecule has 0 saturated carbocycles. The fraction of sp³-hybridized carbons (Fsp3) is 0.308. The van der Waals surface area contributed by atoms with Gasteiger partial charge in [-0.15, -0.1) is 0 Å². The number of carboxylic acids is 1. The summed E-state index contributed by atoms with van der Waals surface area (Å²) in [5.74, 6) is -0.867. The molecule has 88 valence electrons. The van der Waals surface area contributed by atoms with Crippen LogP contribution in [0.5, 0.6) is 0 Å². The standard InChI is InChI=1S/C13H14N2O2/c1-8-10-6-9(13(16)17)2-3-12(10)15-7-14-5-4-11(8)15/h2-3,6,14H,4-5,7H2,1H3,(H,16,17). The molecule has 0 saturated heterocycles. The van der Waals surface area contributed by atoms with Gasteiger partial charge in [0.15, 0.2) is 0 Å². The van der Waals surface area contributed by atoms with Crippen LogP contribution in [0.1, 0.15) is 21.6 Å². The Morgan fingerprint density at radius 1 is 1.47 bits per heavy atom. The number of hydrogen-bond donors (Lipinski definition) is 2. The van der Waals surface area contributed by atoms with Crippen LogP contribution in [0.4, 0.5) is 0 Å². The lowest BCUT2D eigenvalue weighted by molar-refractivity contribution is 0.0697. The van der Waals surface area contributed by atoms with Gasteiger partial charge in [0.2, 0.25) is 0 Å². The van der Waals surface area contributed by atoms with Crippen molar-refractivity contribution in [2.24, 2.45) is 0 Å². The van der Waals surface area contributed by atoms with Crippen molar-refractivity contribution in [1.82, 2.24) is 9.88 Å². The average Bonchev–Trinajstić information content (AvgIpc) is 2.64. The third kappa shape index (κ3) is 1.45. The van der Waals surface area contributed by atoms with E-state index < -0.39 is 5.97 Å². The minimum absolute atomic E-state index is 0.358. The summed E-state index contributed by atoms with van der Waals surface area (Å²) >= 11 is 0. The second-order valence-corrected chi connectivity index (χ2v) is 4.44. The van der Waals surface area contributed by atoms with Crippen LogP contribution < -0.4 is 5.32 Å². The molecule has 17 heavy (non-hydrogen) atoms. The molecule has 0 radical (unpaired) electrons. The fourth-order valence-corrected chi connectivity index (χ4v) is 2.61. The second kappa shape index (κ2) is 3.60. The first-order valence-corrected chi connectivity index (χ1v) is 5.74. The van der Waals surface area contributed by atoms with Crippen molar-refractivity contribution in [1.29, 1.82) is 0 Å². The highest BCUT2D eigenvalue weighted by molar-refractivity contribution is 5.95. The van der Waals surface area contributed by atoms with Crippen LogP contribution in [0, 0.1) is 6.92 Å². The summed E-state index contributed by atoms with van der Waals surface area (Å²) in [6.45, 7) is 3.88. The zero-order chi connectivity index (χ0) is 12.0. The fourth-order valence-electron chi connectivity index (χ4n) is 2.61. The molecule has 0 atom stereocenters. The molecule has 0 unspecified atom stereocenters. The summed E-state index contributed by atoms with van der Waals surface area (Å²) < 4.78 is 2.24. The Hall–Kier alpha value is -1.81. The number of benzene rings is 1. The molecule has 2 N–H and O–H groups in total. The number of nitrogens with zero attached hydrogens (tertiary/aromatic N) is 1. The van der Waals surface area contributed by atoms with Crippen LogP contribution in [0.2, 0.25) is 0 Å². The molecule has 4 nitrogen and oxygen atoms in total. The van der Waals surface area contributed by atoms with Crippen molar-refractivity contribution in [3.05, 3.63) is 35.0 Å². The number of fused-ring (bicyclic) bond motifs is 3. The van der Waals surface area contributed by atoms with E-state index in [4.69, 9.17) is 5.11 Å². The molecule has 0 bridgehead atoms. The number of aromatic nitrogens is 1. The zero-order valence-corrected chi connectivity index (χ0v) is 9.66. The van der Waals surface area contributed by atoms with E-state index in [0.29, 0.717) is 5.56 Å². The number of carbonyl (C=O) groups is 1. The molecule has 3 rings (SSSR count). The lowest BCUT2D eigenvalue weighted by atomic mass is 10.1. The van der Waals surface area contributed by atoms with E-state index in [2.05, 4.69) is 16.8 Å². The highest BCUT2D eigenvalue weighted by atomic mass is 16.4. The quantitative estimate of drug-likeness (QED) is 0.784. The van der Waals surface area contributed by atoms with Gasteiger partial charge in [-0.3, -0.25) is 5.32 Å². The molecule has 2 heterocycles. The predicted molar refractivity (Wildman–Crippen MR) is 65.3 cm³/mol. The third-order valence-corrected chi connectivity index (χ3v) is 3.51. The third-order valence-electron chi connectivity index (χ3n) is 3.51. The van der Waals surface area contributed by atoms with Crippen LogP contribution >= 0.6 is 0 Å². The lowest BCUT2D eigenvalue weighted by Gasteiger charge is -2.17. The SMILES string of the molecule is Cc1c2n(c3ccc(C(=O)O)cc13)CNCC2. The van der Waals surface area contributed by atoms with Crippen molar-refractivity contribution < 1.29 is 9.90 Å². The Labute approximate surface area is 98.9 Å². The molecule has 0 aliphatic carbocycles. The van der Waals surface area contributed by atoms with E-state index in [1.54, 1.807) is 12.1 Å². The predicted octanol–water partition coefficient (Wildman–Crippen LogP) is 1.75. The van der Waals surface area contributed by atoms with Gasteiger partial charge in [-0.25, -0.2) is 4.79 Å². The Morgan fingerprint density at radius 3 is 3.06 bits per heavy atom. The van der Waals surface area contributed by atoms with E-state index in [1.165, 1.54) is 11.3 Å². The van der Waals surface area contributed by atoms with Gasteiger partial charge in [0.1, 0.15) is 0 Å². The number of aromatic carboxylic acids is 1. The highest BCUT2D eigenvalue weighted by Crippen LogP contribution is 2.28. The van der Waals surface area contributed by atoms with Gasteiger partial charge in [0, 0.05) is 29.6 Å². The number of aryl methyl sites for hydroxylation is 1. The largest absolute Gasteiger partial charge is 0.478 e. The topological polar surface area (TPSA) is 54.3 Å². The molecule has 1 aliphatic rings. The summed E-state index contributed by atoms with van der Waals surface area (Å²) in [6.07, 6.45) is 1.00. The molecular weight excluding hydrogens is 216 g/mol. The highest BCUT2D eigenvalue weighted by Gasteiger charge is 2.17. The normalized spacial score (nSPS) is 14.9. The van der Waals surface area contributed by atoms with Crippen LogP contribution in [-0.4, -0.2) is 22.2 Å². The van der Waals surface area contributed by atoms with Crippen LogP contribution in [0.25, 0.3) is 10.9 Å². The first-order chi connectivity index (χ1) is 8.18. The Kier molecular flexibility index (Phi) is 2.19. The maximum Gasteiger partial charge on any atom is 0.335 e. The number of carboxylic acid groups (broad SMARTS) is 1. The first kappa shape index (κ1) is 10.4. The molecule has 2 aromatic rings. The van der Waals surface area contributed by atoms with Crippen molar-refractivity contribution in [2.45, 2.75) is 20.0 Å². The number of hydrogen-bond acceptors (Lipinski definition) is 2. The van der Waals surface area contributed by atoms with Crippen molar-refractivity contribution in [2.75, 3.05) is 6.54 Å². The van der Waals surface area contributed by atoms with Gasteiger partial charge in [-0.1, -0.05) is 0 Å². The molecule has 1 aliphatic heterocycles. The maximum absolute atomic E-state index is 11.0. The lowest BCUT2D eigenvalue weighted by Crippen LogP contribution is -2.28. The first-order valence-electron chi connectivity index (χ1n) is 5.74. The summed E-state index contributed by atoms with van der Waals surface area (Å²) in [6, 6.07) is 5.35. The molecular formula is C13H14N2O2. The minimum atomic E-state index is -0.867. The molecule has 1 aromatic heterocycles. The zero-order valence-electron chi connectivity index (χ0n) is 9.66. The Bertz CT molecular complexity index is 613. The number of rotatable bonds is 1. The van der Waals surface area contributed by atoms with Crippen molar-refractivity contribution in [3.63, 3.8) is 0 Å². The molecule has 0 spiro atoms. The van der Waals surface area contributed by atoms with Gasteiger partial charge in [0.25, 0.3) is 0 Å². The van der Waals surface area contributed by atoms with E-state index in [1.807, 2.05) is 6.07 Å². The summed E-state index contributed by atoms with van der Waals surface area (Å²) in [4.78, 5) is 11.0. The summed E-state index contributed by atoms with van der Waals surface area (Å²) in [5, 5.41) is 13.4. The molecule has 0 amide bonds.